The number of nitrogens with zero attached hydrogens (tertiary/aromatic N) is 2. The van der Waals surface area contributed by atoms with Gasteiger partial charge in [-0.2, -0.15) is 0 Å². The van der Waals surface area contributed by atoms with Gasteiger partial charge < -0.3 is 19.1 Å². The summed E-state index contributed by atoms with van der Waals surface area (Å²) in [6, 6.07) is 5.43. The average Bonchev–Trinajstić information content (AvgIpc) is 2.78. The van der Waals surface area contributed by atoms with Crippen molar-refractivity contribution in [1.29, 1.82) is 0 Å². The molecule has 0 saturated carbocycles. The van der Waals surface area contributed by atoms with Crippen molar-refractivity contribution in [2.24, 2.45) is 0 Å². The lowest BCUT2D eigenvalue weighted by molar-refractivity contribution is 0.155. The zero-order valence-electron chi connectivity index (χ0n) is 12.3. The standard InChI is InChI=1S/C15H20N2O3/c1-10-11(2)17(9-16-10)8-13(18)12-5-6-14(19-3)15(7-12)20-4/h5-7,9,13,18H,8H2,1-4H3. The summed E-state index contributed by atoms with van der Waals surface area (Å²) in [4.78, 5) is 4.23. The predicted molar refractivity (Wildman–Crippen MR) is 76.2 cm³/mol. The molecule has 5 heteroatoms. The lowest BCUT2D eigenvalue weighted by Gasteiger charge is -2.15. The van der Waals surface area contributed by atoms with Crippen molar-refractivity contribution in [3.05, 3.63) is 41.5 Å². The van der Waals surface area contributed by atoms with E-state index in [0.717, 1.165) is 17.0 Å². The van der Waals surface area contributed by atoms with Crippen LogP contribution in [0.2, 0.25) is 0 Å². The second-order valence-electron chi connectivity index (χ2n) is 4.70. The number of aliphatic hydroxyl groups excluding tert-OH is 1. The minimum Gasteiger partial charge on any atom is -0.493 e. The molecule has 0 amide bonds. The number of aromatic nitrogens is 2. The summed E-state index contributed by atoms with van der Waals surface area (Å²) in [6.45, 7) is 4.40. The van der Waals surface area contributed by atoms with Gasteiger partial charge in [-0.25, -0.2) is 4.98 Å². The molecule has 0 aliphatic rings. The Morgan fingerprint density at radius 2 is 1.90 bits per heavy atom. The molecule has 0 saturated heterocycles. The molecule has 0 fully saturated rings. The fourth-order valence-electron chi connectivity index (χ4n) is 2.08. The van der Waals surface area contributed by atoms with Crippen molar-refractivity contribution in [1.82, 2.24) is 9.55 Å². The van der Waals surface area contributed by atoms with E-state index in [0.29, 0.717) is 18.0 Å². The lowest BCUT2D eigenvalue weighted by Crippen LogP contribution is -2.09. The Balaban J connectivity index is 2.21. The third-order valence-electron chi connectivity index (χ3n) is 3.51. The number of aliphatic hydroxyl groups is 1. The number of imidazole rings is 1. The summed E-state index contributed by atoms with van der Waals surface area (Å²) < 4.78 is 12.4. The zero-order valence-corrected chi connectivity index (χ0v) is 12.3. The van der Waals surface area contributed by atoms with Crippen molar-refractivity contribution in [2.45, 2.75) is 26.5 Å². The van der Waals surface area contributed by atoms with Crippen LogP contribution in [0, 0.1) is 13.8 Å². The van der Waals surface area contributed by atoms with E-state index in [1.165, 1.54) is 0 Å². The molecule has 0 bridgehead atoms. The van der Waals surface area contributed by atoms with Crippen LogP contribution in [0.5, 0.6) is 11.5 Å². The Bertz CT molecular complexity index is 593. The fraction of sp³-hybridized carbons (Fsp3) is 0.400. The van der Waals surface area contributed by atoms with Crippen molar-refractivity contribution in [3.8, 4) is 11.5 Å². The van der Waals surface area contributed by atoms with Gasteiger partial charge in [0.05, 0.1) is 38.9 Å². The van der Waals surface area contributed by atoms with Crippen molar-refractivity contribution in [3.63, 3.8) is 0 Å². The monoisotopic (exact) mass is 276 g/mol. The van der Waals surface area contributed by atoms with Crippen molar-refractivity contribution >= 4 is 0 Å². The third kappa shape index (κ3) is 2.77. The Morgan fingerprint density at radius 3 is 2.45 bits per heavy atom. The SMILES string of the molecule is COc1ccc(C(O)Cn2cnc(C)c2C)cc1OC. The van der Waals surface area contributed by atoms with Gasteiger partial charge in [-0.05, 0) is 31.5 Å². The molecule has 1 heterocycles. The smallest absolute Gasteiger partial charge is 0.161 e. The van der Waals surface area contributed by atoms with Crippen LogP contribution in [0.4, 0.5) is 0 Å². The van der Waals surface area contributed by atoms with E-state index in [4.69, 9.17) is 9.47 Å². The van der Waals surface area contributed by atoms with Gasteiger partial charge in [0, 0.05) is 5.69 Å². The number of benzene rings is 1. The molecule has 0 spiro atoms. The molecule has 0 aliphatic heterocycles. The molecule has 2 aromatic rings. The minimum absolute atomic E-state index is 0.460. The zero-order chi connectivity index (χ0) is 14.7. The average molecular weight is 276 g/mol. The molecule has 0 radical (unpaired) electrons. The van der Waals surface area contributed by atoms with E-state index in [2.05, 4.69) is 4.98 Å². The van der Waals surface area contributed by atoms with E-state index in [-0.39, 0.29) is 0 Å². The topological polar surface area (TPSA) is 56.5 Å². The van der Waals surface area contributed by atoms with Crippen LogP contribution in [0.1, 0.15) is 23.1 Å². The van der Waals surface area contributed by atoms with Crippen LogP contribution < -0.4 is 9.47 Å². The van der Waals surface area contributed by atoms with Crippen molar-refractivity contribution in [2.75, 3.05) is 14.2 Å². The summed E-state index contributed by atoms with van der Waals surface area (Å²) in [5, 5.41) is 10.3. The number of ether oxygens (including phenoxy) is 2. The molecule has 5 nitrogen and oxygen atoms in total. The first-order valence-corrected chi connectivity index (χ1v) is 6.45. The normalized spacial score (nSPS) is 12.2. The van der Waals surface area contributed by atoms with Crippen LogP contribution in [0.15, 0.2) is 24.5 Å². The first-order valence-electron chi connectivity index (χ1n) is 6.45. The second kappa shape index (κ2) is 5.96. The number of aryl methyl sites for hydroxylation is 1. The highest BCUT2D eigenvalue weighted by Gasteiger charge is 2.13. The van der Waals surface area contributed by atoms with Gasteiger partial charge in [0.1, 0.15) is 0 Å². The lowest BCUT2D eigenvalue weighted by atomic mass is 10.1. The molecular formula is C15H20N2O3. The number of hydrogen-bond acceptors (Lipinski definition) is 4. The number of methoxy groups -OCH3 is 2. The molecule has 1 aromatic carbocycles. The predicted octanol–water partition coefficient (Wildman–Crippen LogP) is 2.25. The first kappa shape index (κ1) is 14.4. The Morgan fingerprint density at radius 1 is 1.20 bits per heavy atom. The Labute approximate surface area is 118 Å². The van der Waals surface area contributed by atoms with Crippen LogP contribution in [-0.2, 0) is 6.54 Å². The first-order chi connectivity index (χ1) is 9.56. The van der Waals surface area contributed by atoms with E-state index in [1.807, 2.05) is 24.5 Å². The molecule has 108 valence electrons. The van der Waals surface area contributed by atoms with Gasteiger partial charge in [-0.1, -0.05) is 6.07 Å². The molecule has 2 rings (SSSR count). The largest absolute Gasteiger partial charge is 0.493 e. The maximum absolute atomic E-state index is 10.3. The maximum atomic E-state index is 10.3. The highest BCUT2D eigenvalue weighted by atomic mass is 16.5. The number of rotatable bonds is 5. The summed E-state index contributed by atoms with van der Waals surface area (Å²) in [7, 11) is 3.17. The Kier molecular flexibility index (Phi) is 4.29. The molecule has 1 atom stereocenters. The van der Waals surface area contributed by atoms with Gasteiger partial charge in [-0.3, -0.25) is 0 Å². The quantitative estimate of drug-likeness (QED) is 0.910. The molecule has 1 aromatic heterocycles. The molecule has 1 N–H and O–H groups in total. The minimum atomic E-state index is -0.623. The molecule has 1 unspecified atom stereocenters. The van der Waals surface area contributed by atoms with Gasteiger partial charge in [0.15, 0.2) is 11.5 Å². The van der Waals surface area contributed by atoms with Crippen molar-refractivity contribution < 1.29 is 14.6 Å². The van der Waals surface area contributed by atoms with E-state index in [9.17, 15) is 5.11 Å². The highest BCUT2D eigenvalue weighted by Crippen LogP contribution is 2.30. The summed E-state index contributed by atoms with van der Waals surface area (Å²) in [5.41, 5.74) is 2.82. The Hall–Kier alpha value is -2.01. The van der Waals surface area contributed by atoms with E-state index in [1.54, 1.807) is 32.7 Å². The maximum Gasteiger partial charge on any atom is 0.161 e. The van der Waals surface area contributed by atoms with Gasteiger partial charge in [0.2, 0.25) is 0 Å². The second-order valence-corrected chi connectivity index (χ2v) is 4.70. The van der Waals surface area contributed by atoms with Gasteiger partial charge in [-0.15, -0.1) is 0 Å². The van der Waals surface area contributed by atoms with E-state index >= 15 is 0 Å². The van der Waals surface area contributed by atoms with Crippen LogP contribution in [0.25, 0.3) is 0 Å². The summed E-state index contributed by atoms with van der Waals surface area (Å²) in [5.74, 6) is 1.26. The van der Waals surface area contributed by atoms with Crippen LogP contribution >= 0.6 is 0 Å². The fourth-order valence-corrected chi connectivity index (χ4v) is 2.08. The molecule has 20 heavy (non-hydrogen) atoms. The third-order valence-corrected chi connectivity index (χ3v) is 3.51. The van der Waals surface area contributed by atoms with E-state index < -0.39 is 6.10 Å². The number of hydrogen-bond donors (Lipinski definition) is 1. The van der Waals surface area contributed by atoms with Crippen LogP contribution in [-0.4, -0.2) is 28.9 Å². The van der Waals surface area contributed by atoms with Gasteiger partial charge >= 0.3 is 0 Å². The summed E-state index contributed by atoms with van der Waals surface area (Å²) in [6.07, 6.45) is 1.12. The highest BCUT2D eigenvalue weighted by molar-refractivity contribution is 5.43. The molecular weight excluding hydrogens is 256 g/mol. The van der Waals surface area contributed by atoms with Gasteiger partial charge in [0.25, 0.3) is 0 Å². The summed E-state index contributed by atoms with van der Waals surface area (Å²) >= 11 is 0. The molecule has 0 aliphatic carbocycles. The van der Waals surface area contributed by atoms with Crippen LogP contribution in [0.3, 0.4) is 0 Å².